The van der Waals surface area contributed by atoms with Crippen LogP contribution in [-0.4, -0.2) is 35.3 Å². The fourth-order valence-corrected chi connectivity index (χ4v) is 3.83. The topological polar surface area (TPSA) is 32.7 Å². The molecule has 1 heterocycles. The third-order valence-corrected chi connectivity index (χ3v) is 4.95. The molecule has 3 unspecified atom stereocenters. The van der Waals surface area contributed by atoms with Gasteiger partial charge in [-0.25, -0.2) is 0 Å². The molecule has 110 valence electrons. The Morgan fingerprint density at radius 1 is 1.35 bits per heavy atom. The monoisotopic (exact) mass is 295 g/mol. The Kier molecular flexibility index (Phi) is 4.20. The van der Waals surface area contributed by atoms with E-state index < -0.39 is 0 Å². The third kappa shape index (κ3) is 2.67. The Hall–Kier alpha value is -0.770. The molecule has 1 aromatic carbocycles. The summed E-state index contributed by atoms with van der Waals surface area (Å²) in [5.74, 6) is 0.334. The van der Waals surface area contributed by atoms with E-state index in [1.54, 1.807) is 12.1 Å². The molecule has 0 radical (unpaired) electrons. The Morgan fingerprint density at radius 2 is 2.15 bits per heavy atom. The van der Waals surface area contributed by atoms with Gasteiger partial charge in [-0.15, -0.1) is 0 Å². The maximum atomic E-state index is 10.1. The van der Waals surface area contributed by atoms with Gasteiger partial charge in [0.2, 0.25) is 0 Å². The first-order valence-corrected chi connectivity index (χ1v) is 7.90. The maximum Gasteiger partial charge on any atom is 0.120 e. The van der Waals surface area contributed by atoms with Crippen molar-refractivity contribution in [3.8, 4) is 5.75 Å². The molecule has 3 atom stereocenters. The summed E-state index contributed by atoms with van der Waals surface area (Å²) >= 11 is 6.08. The zero-order valence-electron chi connectivity index (χ0n) is 11.9. The number of aromatic hydroxyl groups is 1. The summed E-state index contributed by atoms with van der Waals surface area (Å²) in [6.45, 7) is 3.86. The van der Waals surface area contributed by atoms with E-state index in [-0.39, 0.29) is 6.04 Å². The molecular formula is C16H22ClNO2. The van der Waals surface area contributed by atoms with E-state index in [1.807, 2.05) is 6.07 Å². The van der Waals surface area contributed by atoms with Crippen molar-refractivity contribution in [2.75, 3.05) is 13.2 Å². The molecule has 1 saturated heterocycles. The third-order valence-electron chi connectivity index (χ3n) is 4.71. The smallest absolute Gasteiger partial charge is 0.120 e. The number of benzene rings is 1. The lowest BCUT2D eigenvalue weighted by Crippen LogP contribution is -2.53. The zero-order chi connectivity index (χ0) is 14.1. The Bertz CT molecular complexity index is 478. The van der Waals surface area contributed by atoms with Crippen LogP contribution in [0.4, 0.5) is 0 Å². The summed E-state index contributed by atoms with van der Waals surface area (Å²) in [6.07, 6.45) is 5.26. The molecule has 0 amide bonds. The number of halogens is 1. The van der Waals surface area contributed by atoms with E-state index in [4.69, 9.17) is 16.3 Å². The second-order valence-electron chi connectivity index (χ2n) is 5.88. The molecule has 1 aromatic rings. The van der Waals surface area contributed by atoms with Crippen LogP contribution in [-0.2, 0) is 4.74 Å². The molecule has 0 spiro atoms. The van der Waals surface area contributed by atoms with Crippen molar-refractivity contribution in [1.29, 1.82) is 0 Å². The highest BCUT2D eigenvalue weighted by molar-refractivity contribution is 6.30. The van der Waals surface area contributed by atoms with Crippen LogP contribution in [0.15, 0.2) is 18.2 Å². The van der Waals surface area contributed by atoms with Gasteiger partial charge >= 0.3 is 0 Å². The summed E-state index contributed by atoms with van der Waals surface area (Å²) in [4.78, 5) is 2.48. The average Bonchev–Trinajstić information content (AvgIpc) is 2.48. The van der Waals surface area contributed by atoms with Gasteiger partial charge in [-0.2, -0.15) is 0 Å². The van der Waals surface area contributed by atoms with Gasteiger partial charge in [-0.05, 0) is 38.0 Å². The largest absolute Gasteiger partial charge is 0.508 e. The van der Waals surface area contributed by atoms with Crippen molar-refractivity contribution in [3.63, 3.8) is 0 Å². The van der Waals surface area contributed by atoms with Gasteiger partial charge in [0.25, 0.3) is 0 Å². The maximum absolute atomic E-state index is 10.1. The summed E-state index contributed by atoms with van der Waals surface area (Å²) < 4.78 is 5.92. The van der Waals surface area contributed by atoms with Gasteiger partial charge in [0.05, 0.1) is 12.7 Å². The number of fused-ring (bicyclic) bond motifs is 1. The molecule has 1 aliphatic heterocycles. The van der Waals surface area contributed by atoms with Crippen LogP contribution in [0.25, 0.3) is 0 Å². The van der Waals surface area contributed by atoms with Crippen molar-refractivity contribution in [2.24, 2.45) is 0 Å². The number of nitrogens with zero attached hydrogens (tertiary/aromatic N) is 1. The molecule has 1 saturated carbocycles. The van der Waals surface area contributed by atoms with Crippen LogP contribution < -0.4 is 0 Å². The number of rotatable bonds is 2. The number of phenolic OH excluding ortho intramolecular Hbond substituents is 1. The first-order chi connectivity index (χ1) is 9.66. The van der Waals surface area contributed by atoms with Crippen molar-refractivity contribution in [3.05, 3.63) is 28.8 Å². The van der Waals surface area contributed by atoms with Crippen molar-refractivity contribution < 1.29 is 9.84 Å². The van der Waals surface area contributed by atoms with Crippen LogP contribution >= 0.6 is 11.6 Å². The lowest BCUT2D eigenvalue weighted by Gasteiger charge is -2.46. The minimum absolute atomic E-state index is 0.170. The summed E-state index contributed by atoms with van der Waals surface area (Å²) in [7, 11) is 0. The molecule has 2 fully saturated rings. The van der Waals surface area contributed by atoms with E-state index in [1.165, 1.54) is 19.3 Å². The Morgan fingerprint density at radius 3 is 3.00 bits per heavy atom. The molecule has 0 aromatic heterocycles. The highest BCUT2D eigenvalue weighted by Gasteiger charge is 2.37. The molecule has 1 N–H and O–H groups in total. The predicted molar refractivity (Wildman–Crippen MR) is 80.2 cm³/mol. The summed E-state index contributed by atoms with van der Waals surface area (Å²) in [6, 6.07) is 5.95. The molecule has 20 heavy (non-hydrogen) atoms. The number of hydrogen-bond acceptors (Lipinski definition) is 3. The van der Waals surface area contributed by atoms with Crippen LogP contribution in [0, 0.1) is 0 Å². The van der Waals surface area contributed by atoms with E-state index in [2.05, 4.69) is 11.8 Å². The number of ether oxygens (including phenoxy) is 1. The molecule has 0 bridgehead atoms. The van der Waals surface area contributed by atoms with E-state index >= 15 is 0 Å². The quantitative estimate of drug-likeness (QED) is 0.902. The Balaban J connectivity index is 1.84. The zero-order valence-corrected chi connectivity index (χ0v) is 12.6. The van der Waals surface area contributed by atoms with Crippen molar-refractivity contribution in [1.82, 2.24) is 4.90 Å². The number of morpholine rings is 1. The second-order valence-corrected chi connectivity index (χ2v) is 6.31. The lowest BCUT2D eigenvalue weighted by atomic mass is 9.88. The fourth-order valence-electron chi connectivity index (χ4n) is 3.65. The average molecular weight is 296 g/mol. The van der Waals surface area contributed by atoms with Crippen molar-refractivity contribution >= 4 is 11.6 Å². The molecule has 4 heteroatoms. The summed E-state index contributed by atoms with van der Waals surface area (Å²) in [5.41, 5.74) is 0.920. The molecule has 1 aliphatic carbocycles. The lowest BCUT2D eigenvalue weighted by molar-refractivity contribution is -0.101. The first kappa shape index (κ1) is 14.2. The van der Waals surface area contributed by atoms with E-state index in [9.17, 15) is 5.11 Å². The number of phenols is 1. The fraction of sp³-hybridized carbons (Fsp3) is 0.625. The van der Waals surface area contributed by atoms with Gasteiger partial charge in [0.15, 0.2) is 0 Å². The molecule has 2 aliphatic rings. The Labute approximate surface area is 125 Å². The SMILES string of the molecule is CC(c1cc(Cl)ccc1O)N1CCOC2CCCCC21. The van der Waals surface area contributed by atoms with Crippen LogP contribution in [0.2, 0.25) is 5.02 Å². The normalized spacial score (nSPS) is 28.9. The minimum Gasteiger partial charge on any atom is -0.508 e. The number of hydrogen-bond donors (Lipinski definition) is 1. The second kappa shape index (κ2) is 5.92. The van der Waals surface area contributed by atoms with Crippen LogP contribution in [0.1, 0.15) is 44.2 Å². The predicted octanol–water partition coefficient (Wildman–Crippen LogP) is 3.75. The van der Waals surface area contributed by atoms with Gasteiger partial charge in [-0.3, -0.25) is 4.90 Å². The van der Waals surface area contributed by atoms with Gasteiger partial charge < -0.3 is 9.84 Å². The minimum atomic E-state index is 0.170. The van der Waals surface area contributed by atoms with E-state index in [0.717, 1.165) is 25.1 Å². The van der Waals surface area contributed by atoms with Crippen molar-refractivity contribution in [2.45, 2.75) is 50.8 Å². The van der Waals surface area contributed by atoms with E-state index in [0.29, 0.717) is 22.9 Å². The van der Waals surface area contributed by atoms with Gasteiger partial charge in [0, 0.05) is 29.2 Å². The highest BCUT2D eigenvalue weighted by Crippen LogP contribution is 2.37. The summed E-state index contributed by atoms with van der Waals surface area (Å²) in [5, 5.41) is 10.8. The van der Waals surface area contributed by atoms with Crippen LogP contribution in [0.3, 0.4) is 0 Å². The molecule has 3 rings (SSSR count). The van der Waals surface area contributed by atoms with Gasteiger partial charge in [-0.1, -0.05) is 24.4 Å². The van der Waals surface area contributed by atoms with Gasteiger partial charge in [0.1, 0.15) is 5.75 Å². The molecular weight excluding hydrogens is 274 g/mol. The highest BCUT2D eigenvalue weighted by atomic mass is 35.5. The molecule has 3 nitrogen and oxygen atoms in total. The van der Waals surface area contributed by atoms with Crippen LogP contribution in [0.5, 0.6) is 5.75 Å². The standard InChI is InChI=1S/C16H22ClNO2/c1-11(13-10-12(17)6-7-15(13)19)18-8-9-20-16-5-3-2-4-14(16)18/h6-7,10-11,14,16,19H,2-5,8-9H2,1H3. The first-order valence-electron chi connectivity index (χ1n) is 7.52.